The van der Waals surface area contributed by atoms with Crippen LogP contribution in [0.25, 0.3) is 0 Å². The molecule has 19 heavy (non-hydrogen) atoms. The van der Waals surface area contributed by atoms with Crippen molar-refractivity contribution < 1.29 is 23.1 Å². The summed E-state index contributed by atoms with van der Waals surface area (Å²) >= 11 is 0. The van der Waals surface area contributed by atoms with Gasteiger partial charge < -0.3 is 10.1 Å². The van der Waals surface area contributed by atoms with Crippen LogP contribution in [0.4, 0.5) is 8.78 Å². The molecule has 0 aliphatic rings. The first-order valence-corrected chi connectivity index (χ1v) is 5.88. The van der Waals surface area contributed by atoms with E-state index < -0.39 is 29.4 Å². The molecule has 1 N–H and O–H groups in total. The number of carbonyl (C=O) groups is 2. The Morgan fingerprint density at radius 2 is 2.00 bits per heavy atom. The molecule has 1 amide bonds. The summed E-state index contributed by atoms with van der Waals surface area (Å²) in [5, 5.41) is 2.55. The molecular weight excluding hydrogens is 256 g/mol. The molecule has 1 rings (SSSR count). The molecule has 0 aliphatic heterocycles. The molecule has 6 heteroatoms. The first kappa shape index (κ1) is 15.1. The number of hydrogen-bond acceptors (Lipinski definition) is 3. The molecule has 0 radical (unpaired) electrons. The fourth-order valence-corrected chi connectivity index (χ4v) is 1.38. The van der Waals surface area contributed by atoms with Crippen LogP contribution in [0.2, 0.25) is 0 Å². The second kappa shape index (κ2) is 6.82. The van der Waals surface area contributed by atoms with E-state index in [1.807, 2.05) is 6.92 Å². The van der Waals surface area contributed by atoms with E-state index in [2.05, 4.69) is 5.32 Å². The lowest BCUT2D eigenvalue weighted by molar-refractivity contribution is -0.127. The van der Waals surface area contributed by atoms with Gasteiger partial charge in [-0.3, -0.25) is 9.59 Å². The molecule has 0 aliphatic carbocycles. The predicted molar refractivity (Wildman–Crippen MR) is 65.1 cm³/mol. The highest BCUT2D eigenvalue weighted by Crippen LogP contribution is 2.23. The van der Waals surface area contributed by atoms with Crippen LogP contribution in [0, 0.1) is 11.6 Å². The van der Waals surface area contributed by atoms with E-state index in [1.54, 1.807) is 0 Å². The van der Waals surface area contributed by atoms with E-state index in [4.69, 9.17) is 4.74 Å². The molecule has 0 fully saturated rings. The number of hydrogen-bond donors (Lipinski definition) is 1. The van der Waals surface area contributed by atoms with E-state index >= 15 is 0 Å². The van der Waals surface area contributed by atoms with E-state index in [1.165, 1.54) is 6.92 Å². The van der Waals surface area contributed by atoms with Crippen LogP contribution >= 0.6 is 0 Å². The van der Waals surface area contributed by atoms with Gasteiger partial charge in [-0.15, -0.1) is 0 Å². The zero-order valence-corrected chi connectivity index (χ0v) is 10.7. The van der Waals surface area contributed by atoms with Crippen molar-refractivity contribution in [1.29, 1.82) is 0 Å². The quantitative estimate of drug-likeness (QED) is 0.806. The Bertz CT molecular complexity index is 454. The van der Waals surface area contributed by atoms with Gasteiger partial charge in [-0.1, -0.05) is 6.92 Å². The van der Waals surface area contributed by atoms with Crippen molar-refractivity contribution in [3.63, 3.8) is 0 Å². The van der Waals surface area contributed by atoms with Crippen molar-refractivity contribution in [2.75, 3.05) is 6.54 Å². The van der Waals surface area contributed by atoms with Crippen molar-refractivity contribution in [3.05, 3.63) is 29.3 Å². The minimum Gasteiger partial charge on any atom is -0.475 e. The van der Waals surface area contributed by atoms with E-state index in [0.29, 0.717) is 12.8 Å². The predicted octanol–water partition coefficient (Wildman–Crippen LogP) is 2.07. The van der Waals surface area contributed by atoms with Crippen molar-refractivity contribution in [1.82, 2.24) is 5.32 Å². The Hall–Kier alpha value is -1.98. The van der Waals surface area contributed by atoms with Gasteiger partial charge in [-0.2, -0.15) is 0 Å². The van der Waals surface area contributed by atoms with Crippen LogP contribution in [0.1, 0.15) is 30.6 Å². The van der Waals surface area contributed by atoms with Crippen molar-refractivity contribution in [3.8, 4) is 5.75 Å². The zero-order chi connectivity index (χ0) is 14.4. The molecule has 0 bridgehead atoms. The smallest absolute Gasteiger partial charge is 0.260 e. The maximum atomic E-state index is 13.5. The van der Waals surface area contributed by atoms with Gasteiger partial charge in [0, 0.05) is 12.1 Å². The van der Waals surface area contributed by atoms with E-state index in [0.717, 1.165) is 18.6 Å². The highest BCUT2D eigenvalue weighted by Gasteiger charge is 2.19. The van der Waals surface area contributed by atoms with Crippen LogP contribution in [0.15, 0.2) is 12.1 Å². The Balaban J connectivity index is 2.82. The number of benzene rings is 1. The molecule has 1 aromatic carbocycles. The Labute approximate surface area is 109 Å². The van der Waals surface area contributed by atoms with Gasteiger partial charge in [0.05, 0.1) is 0 Å². The third-order valence-corrected chi connectivity index (χ3v) is 2.37. The highest BCUT2D eigenvalue weighted by atomic mass is 19.1. The molecule has 4 nitrogen and oxygen atoms in total. The van der Waals surface area contributed by atoms with Gasteiger partial charge in [0.15, 0.2) is 23.5 Å². The third kappa shape index (κ3) is 4.01. The van der Waals surface area contributed by atoms with E-state index in [-0.39, 0.29) is 5.56 Å². The summed E-state index contributed by atoms with van der Waals surface area (Å²) in [7, 11) is 0. The lowest BCUT2D eigenvalue weighted by Gasteiger charge is -2.15. The first-order valence-electron chi connectivity index (χ1n) is 5.88. The minimum atomic E-state index is -1.03. The molecule has 1 atom stereocenters. The summed E-state index contributed by atoms with van der Waals surface area (Å²) in [5.74, 6) is -3.15. The number of halogens is 2. The highest BCUT2D eigenvalue weighted by molar-refractivity contribution is 5.80. The monoisotopic (exact) mass is 271 g/mol. The van der Waals surface area contributed by atoms with Crippen LogP contribution in [-0.4, -0.2) is 24.8 Å². The van der Waals surface area contributed by atoms with Crippen molar-refractivity contribution in [2.24, 2.45) is 0 Å². The summed E-state index contributed by atoms with van der Waals surface area (Å²) in [4.78, 5) is 21.9. The van der Waals surface area contributed by atoms with Gasteiger partial charge in [-0.25, -0.2) is 8.78 Å². The molecule has 0 saturated carbocycles. The average Bonchev–Trinajstić information content (AvgIpc) is 2.39. The molecule has 0 spiro atoms. The standard InChI is InChI=1S/C13H15F2NO3/c1-3-4-16-13(18)8(2)19-12-10(14)5-9(7-17)6-11(12)15/h5-8H,3-4H2,1-2H3,(H,16,18). The molecule has 1 unspecified atom stereocenters. The van der Waals surface area contributed by atoms with Gasteiger partial charge >= 0.3 is 0 Å². The fourth-order valence-electron chi connectivity index (χ4n) is 1.38. The molecule has 104 valence electrons. The van der Waals surface area contributed by atoms with E-state index in [9.17, 15) is 18.4 Å². The largest absolute Gasteiger partial charge is 0.475 e. The maximum Gasteiger partial charge on any atom is 0.260 e. The lowest BCUT2D eigenvalue weighted by atomic mass is 10.2. The second-order valence-electron chi connectivity index (χ2n) is 3.98. The van der Waals surface area contributed by atoms with Gasteiger partial charge in [0.25, 0.3) is 5.91 Å². The number of amides is 1. The molecule has 1 aromatic rings. The molecule has 0 saturated heterocycles. The molecule has 0 heterocycles. The Morgan fingerprint density at radius 1 is 1.42 bits per heavy atom. The van der Waals surface area contributed by atoms with Crippen molar-refractivity contribution >= 4 is 12.2 Å². The number of ether oxygens (including phenoxy) is 1. The van der Waals surface area contributed by atoms with Crippen molar-refractivity contribution in [2.45, 2.75) is 26.4 Å². The second-order valence-corrected chi connectivity index (χ2v) is 3.98. The Kier molecular flexibility index (Phi) is 5.41. The topological polar surface area (TPSA) is 55.4 Å². The molecular formula is C13H15F2NO3. The molecule has 0 aromatic heterocycles. The summed E-state index contributed by atoms with van der Waals surface area (Å²) < 4.78 is 32.0. The van der Waals surface area contributed by atoms with Crippen LogP contribution in [-0.2, 0) is 4.79 Å². The number of carbonyl (C=O) groups excluding carboxylic acids is 2. The number of aldehydes is 1. The van der Waals surface area contributed by atoms with Gasteiger partial charge in [0.2, 0.25) is 0 Å². The zero-order valence-electron chi connectivity index (χ0n) is 10.7. The van der Waals surface area contributed by atoms with Crippen LogP contribution in [0.5, 0.6) is 5.75 Å². The fraction of sp³-hybridized carbons (Fsp3) is 0.385. The van der Waals surface area contributed by atoms with Gasteiger partial charge in [-0.05, 0) is 25.5 Å². The average molecular weight is 271 g/mol. The normalized spacial score (nSPS) is 11.8. The minimum absolute atomic E-state index is 0.134. The summed E-state index contributed by atoms with van der Waals surface area (Å²) in [5.41, 5.74) is -0.134. The maximum absolute atomic E-state index is 13.5. The summed E-state index contributed by atoms with van der Waals surface area (Å²) in [6.07, 6.45) is 0.0420. The number of rotatable bonds is 6. The number of nitrogens with one attached hydrogen (secondary N) is 1. The summed E-state index contributed by atoms with van der Waals surface area (Å²) in [6, 6.07) is 1.70. The van der Waals surface area contributed by atoms with Crippen LogP contribution < -0.4 is 10.1 Å². The van der Waals surface area contributed by atoms with Gasteiger partial charge in [0.1, 0.15) is 6.29 Å². The SMILES string of the molecule is CCCNC(=O)C(C)Oc1c(F)cc(C=O)cc1F. The Morgan fingerprint density at radius 3 is 2.47 bits per heavy atom. The first-order chi connectivity index (χ1) is 8.99. The third-order valence-electron chi connectivity index (χ3n) is 2.37. The van der Waals surface area contributed by atoms with Crippen LogP contribution in [0.3, 0.4) is 0 Å². The summed E-state index contributed by atoms with van der Waals surface area (Å²) in [6.45, 7) is 3.72. The lowest BCUT2D eigenvalue weighted by Crippen LogP contribution is -2.37.